The number of nitriles is 1. The van der Waals surface area contributed by atoms with Crippen molar-refractivity contribution < 1.29 is 9.53 Å². The maximum atomic E-state index is 12.0. The monoisotopic (exact) mass is 323 g/mol. The van der Waals surface area contributed by atoms with Gasteiger partial charge in [0.05, 0.1) is 23.9 Å². The topological polar surface area (TPSA) is 88.6 Å². The van der Waals surface area contributed by atoms with Crippen molar-refractivity contribution in [3.05, 3.63) is 35.9 Å². The number of hydrogen-bond donors (Lipinski definition) is 1. The third-order valence-electron chi connectivity index (χ3n) is 4.41. The zero-order valence-corrected chi connectivity index (χ0v) is 13.1. The van der Waals surface area contributed by atoms with Gasteiger partial charge < -0.3 is 14.5 Å². The molecule has 0 saturated carbocycles. The van der Waals surface area contributed by atoms with Crippen LogP contribution in [0.3, 0.4) is 0 Å². The van der Waals surface area contributed by atoms with Crippen LogP contribution >= 0.6 is 0 Å². The fraction of sp³-hybridized carbons (Fsp3) is 0.353. The van der Waals surface area contributed by atoms with Crippen LogP contribution in [0.4, 0.5) is 5.82 Å². The highest BCUT2D eigenvalue weighted by atomic mass is 16.6. The van der Waals surface area contributed by atoms with Crippen molar-refractivity contribution in [1.82, 2.24) is 15.1 Å². The minimum Gasteiger partial charge on any atom is -0.363 e. The van der Waals surface area contributed by atoms with E-state index in [1.165, 1.54) is 0 Å². The predicted molar refractivity (Wildman–Crippen MR) is 87.3 cm³/mol. The molecular weight excluding hydrogens is 306 g/mol. The highest BCUT2D eigenvalue weighted by Crippen LogP contribution is 2.23. The number of anilines is 1. The van der Waals surface area contributed by atoms with Crippen LogP contribution in [0.15, 0.2) is 30.3 Å². The van der Waals surface area contributed by atoms with Gasteiger partial charge in [0, 0.05) is 32.2 Å². The summed E-state index contributed by atoms with van der Waals surface area (Å²) in [7, 11) is 0. The first-order chi connectivity index (χ1) is 11.7. The van der Waals surface area contributed by atoms with E-state index in [0.29, 0.717) is 25.3 Å². The number of H-pyrrole nitrogens is 1. The number of ether oxygens (including phenoxy) is 1. The van der Waals surface area contributed by atoms with Crippen molar-refractivity contribution in [2.24, 2.45) is 0 Å². The van der Waals surface area contributed by atoms with Crippen LogP contribution < -0.4 is 4.90 Å². The summed E-state index contributed by atoms with van der Waals surface area (Å²) in [5.74, 6) is 0.985. The molecule has 1 unspecified atom stereocenters. The van der Waals surface area contributed by atoms with Gasteiger partial charge in [0.1, 0.15) is 0 Å². The quantitative estimate of drug-likeness (QED) is 0.851. The molecule has 2 aliphatic heterocycles. The minimum atomic E-state index is -0.204. The van der Waals surface area contributed by atoms with Gasteiger partial charge in [-0.2, -0.15) is 10.4 Å². The van der Waals surface area contributed by atoms with Crippen molar-refractivity contribution in [1.29, 1.82) is 5.26 Å². The Morgan fingerprint density at radius 1 is 1.25 bits per heavy atom. The van der Waals surface area contributed by atoms with Crippen LogP contribution in [0.2, 0.25) is 0 Å². The zero-order chi connectivity index (χ0) is 16.5. The second kappa shape index (κ2) is 5.98. The largest absolute Gasteiger partial charge is 0.363 e. The molecule has 1 aromatic heterocycles. The first-order valence-electron chi connectivity index (χ1n) is 7.96. The number of nitrogens with one attached hydrogen (secondary N) is 1. The summed E-state index contributed by atoms with van der Waals surface area (Å²) in [5.41, 5.74) is 2.55. The van der Waals surface area contributed by atoms with Crippen molar-refractivity contribution >= 4 is 11.7 Å². The Labute approximate surface area is 139 Å². The predicted octanol–water partition coefficient (Wildman–Crippen LogP) is 0.996. The Kier molecular flexibility index (Phi) is 3.67. The molecule has 2 aromatic rings. The Balaban J connectivity index is 1.41. The van der Waals surface area contributed by atoms with E-state index in [2.05, 4.69) is 21.2 Å². The molecule has 24 heavy (non-hydrogen) atoms. The number of amides is 1. The average molecular weight is 323 g/mol. The van der Waals surface area contributed by atoms with Crippen molar-refractivity contribution in [2.75, 3.05) is 37.7 Å². The summed E-state index contributed by atoms with van der Waals surface area (Å²) in [6, 6.07) is 11.5. The molecule has 1 atom stereocenters. The maximum absolute atomic E-state index is 12.0. The summed E-state index contributed by atoms with van der Waals surface area (Å²) < 4.78 is 5.06. The van der Waals surface area contributed by atoms with E-state index in [1.54, 1.807) is 12.1 Å². The summed E-state index contributed by atoms with van der Waals surface area (Å²) >= 11 is 0. The number of carbonyl (C=O) groups excluding carboxylic acids is 1. The molecular formula is C17H17N5O2. The lowest BCUT2D eigenvalue weighted by Gasteiger charge is -2.34. The molecule has 0 radical (unpaired) electrons. The van der Waals surface area contributed by atoms with Crippen LogP contribution in [0, 0.1) is 11.3 Å². The summed E-state index contributed by atoms with van der Waals surface area (Å²) in [4.78, 5) is 16.0. The number of epoxide rings is 1. The lowest BCUT2D eigenvalue weighted by atomic mass is 10.1. The van der Waals surface area contributed by atoms with Gasteiger partial charge in [-0.25, -0.2) is 0 Å². The van der Waals surface area contributed by atoms with Crippen LogP contribution in [-0.2, 0) is 9.53 Å². The van der Waals surface area contributed by atoms with Crippen molar-refractivity contribution in [3.8, 4) is 17.3 Å². The fourth-order valence-corrected chi connectivity index (χ4v) is 2.90. The Morgan fingerprint density at radius 2 is 1.96 bits per heavy atom. The van der Waals surface area contributed by atoms with E-state index >= 15 is 0 Å². The van der Waals surface area contributed by atoms with E-state index in [9.17, 15) is 4.79 Å². The number of benzene rings is 1. The number of aromatic amines is 1. The van der Waals surface area contributed by atoms with Crippen LogP contribution in [0.25, 0.3) is 11.3 Å². The Bertz CT molecular complexity index is 780. The van der Waals surface area contributed by atoms with Crippen LogP contribution in [0.5, 0.6) is 0 Å². The summed E-state index contributed by atoms with van der Waals surface area (Å²) in [6.45, 7) is 3.47. The molecule has 2 saturated heterocycles. The van der Waals surface area contributed by atoms with Crippen molar-refractivity contribution in [3.63, 3.8) is 0 Å². The summed E-state index contributed by atoms with van der Waals surface area (Å²) in [6.07, 6.45) is -0.204. The fourth-order valence-electron chi connectivity index (χ4n) is 2.90. The van der Waals surface area contributed by atoms with Gasteiger partial charge in [-0.05, 0) is 17.7 Å². The first kappa shape index (κ1) is 14.7. The molecule has 1 N–H and O–H groups in total. The molecule has 2 fully saturated rings. The first-order valence-corrected chi connectivity index (χ1v) is 7.96. The van der Waals surface area contributed by atoms with Gasteiger partial charge in [0.2, 0.25) is 0 Å². The maximum Gasteiger partial charge on any atom is 0.254 e. The normalized spacial score (nSPS) is 19.9. The molecule has 0 aliphatic carbocycles. The molecule has 2 aliphatic rings. The molecule has 1 amide bonds. The lowest BCUT2D eigenvalue weighted by molar-refractivity contribution is -0.132. The number of aromatic nitrogens is 2. The van der Waals surface area contributed by atoms with Gasteiger partial charge >= 0.3 is 0 Å². The van der Waals surface area contributed by atoms with Gasteiger partial charge in [-0.15, -0.1) is 0 Å². The highest BCUT2D eigenvalue weighted by molar-refractivity contribution is 5.83. The van der Waals surface area contributed by atoms with E-state index < -0.39 is 0 Å². The molecule has 3 heterocycles. The second-order valence-electron chi connectivity index (χ2n) is 5.96. The third kappa shape index (κ3) is 2.84. The van der Waals surface area contributed by atoms with Gasteiger partial charge in [-0.1, -0.05) is 12.1 Å². The zero-order valence-electron chi connectivity index (χ0n) is 13.1. The molecule has 7 heteroatoms. The van der Waals surface area contributed by atoms with Gasteiger partial charge in [0.25, 0.3) is 5.91 Å². The molecule has 122 valence electrons. The standard InChI is InChI=1S/C17H17N5O2/c18-10-12-1-3-13(4-2-12)14-9-16(20-19-14)21-5-7-22(8-6-21)17(23)15-11-24-15/h1-4,9,15H,5-8,11H2,(H,19,20). The van der Waals surface area contributed by atoms with E-state index in [0.717, 1.165) is 30.2 Å². The molecule has 7 nitrogen and oxygen atoms in total. The average Bonchev–Trinajstić information content (AvgIpc) is 3.38. The van der Waals surface area contributed by atoms with Crippen molar-refractivity contribution in [2.45, 2.75) is 6.10 Å². The molecule has 4 rings (SSSR count). The molecule has 0 spiro atoms. The van der Waals surface area contributed by atoms with Crippen LogP contribution in [-0.4, -0.2) is 59.9 Å². The smallest absolute Gasteiger partial charge is 0.254 e. The number of piperazine rings is 1. The van der Waals surface area contributed by atoms with Gasteiger partial charge in [0.15, 0.2) is 11.9 Å². The minimum absolute atomic E-state index is 0.106. The summed E-state index contributed by atoms with van der Waals surface area (Å²) in [5, 5.41) is 16.3. The molecule has 1 aromatic carbocycles. The second-order valence-corrected chi connectivity index (χ2v) is 5.96. The Hall–Kier alpha value is -2.85. The third-order valence-corrected chi connectivity index (χ3v) is 4.41. The van der Waals surface area contributed by atoms with Crippen LogP contribution in [0.1, 0.15) is 5.56 Å². The number of carbonyl (C=O) groups is 1. The molecule has 0 bridgehead atoms. The van der Waals surface area contributed by atoms with E-state index in [-0.39, 0.29) is 12.0 Å². The SMILES string of the molecule is N#Cc1ccc(-c2cc(N3CCN(C(=O)C4CO4)CC3)n[nH]2)cc1. The number of hydrogen-bond acceptors (Lipinski definition) is 5. The van der Waals surface area contributed by atoms with Gasteiger partial charge in [-0.3, -0.25) is 9.89 Å². The lowest BCUT2D eigenvalue weighted by Crippen LogP contribution is -2.50. The van der Waals surface area contributed by atoms with E-state index in [1.807, 2.05) is 23.1 Å². The number of nitrogens with zero attached hydrogens (tertiary/aromatic N) is 4. The van der Waals surface area contributed by atoms with E-state index in [4.69, 9.17) is 10.00 Å². The number of rotatable bonds is 3. The Morgan fingerprint density at radius 3 is 2.58 bits per heavy atom. The highest BCUT2D eigenvalue weighted by Gasteiger charge is 2.36.